The van der Waals surface area contributed by atoms with Crippen molar-refractivity contribution >= 4 is 23.3 Å². The summed E-state index contributed by atoms with van der Waals surface area (Å²) in [6.45, 7) is 4.38. The van der Waals surface area contributed by atoms with Gasteiger partial charge in [0.05, 0.1) is 17.2 Å². The van der Waals surface area contributed by atoms with Crippen LogP contribution >= 0.6 is 11.6 Å². The molecule has 1 amide bonds. The summed E-state index contributed by atoms with van der Waals surface area (Å²) in [4.78, 5) is 20.3. The molecule has 0 N–H and O–H groups in total. The predicted octanol–water partition coefficient (Wildman–Crippen LogP) is 4.51. The maximum atomic E-state index is 12.8. The molecule has 1 aliphatic rings. The fourth-order valence-corrected chi connectivity index (χ4v) is 3.48. The van der Waals surface area contributed by atoms with E-state index in [2.05, 4.69) is 4.98 Å². The normalized spacial score (nSPS) is 15.2. The van der Waals surface area contributed by atoms with E-state index < -0.39 is 11.7 Å². The van der Waals surface area contributed by atoms with Gasteiger partial charge in [0.2, 0.25) is 0 Å². The Morgan fingerprint density at radius 2 is 1.90 bits per heavy atom. The van der Waals surface area contributed by atoms with E-state index in [1.165, 1.54) is 0 Å². The first-order valence-corrected chi connectivity index (χ1v) is 9.67. The SMILES string of the molecule is CCOc1ccc(C(=O)N2CCCN(c3ncc(C(F)(F)F)cc3Cl)CC2)cc1. The van der Waals surface area contributed by atoms with Crippen LogP contribution in [0.15, 0.2) is 36.5 Å². The molecule has 5 nitrogen and oxygen atoms in total. The van der Waals surface area contributed by atoms with E-state index in [0.29, 0.717) is 56.3 Å². The van der Waals surface area contributed by atoms with Gasteiger partial charge in [0.25, 0.3) is 5.91 Å². The van der Waals surface area contributed by atoms with E-state index in [1.54, 1.807) is 29.2 Å². The molecule has 0 aliphatic carbocycles. The van der Waals surface area contributed by atoms with Crippen LogP contribution in [0.1, 0.15) is 29.3 Å². The second-order valence-electron chi connectivity index (χ2n) is 6.62. The van der Waals surface area contributed by atoms with E-state index in [4.69, 9.17) is 16.3 Å². The van der Waals surface area contributed by atoms with Crippen LogP contribution in [0.5, 0.6) is 5.75 Å². The average Bonchev–Trinajstić information content (AvgIpc) is 2.93. The molecule has 1 saturated heterocycles. The zero-order valence-electron chi connectivity index (χ0n) is 15.9. The maximum absolute atomic E-state index is 12.8. The van der Waals surface area contributed by atoms with Gasteiger partial charge in [0.15, 0.2) is 0 Å². The van der Waals surface area contributed by atoms with Crippen LogP contribution in [0, 0.1) is 0 Å². The van der Waals surface area contributed by atoms with E-state index in [-0.39, 0.29) is 10.9 Å². The minimum atomic E-state index is -4.49. The number of nitrogens with zero attached hydrogens (tertiary/aromatic N) is 3. The van der Waals surface area contributed by atoms with Gasteiger partial charge < -0.3 is 14.5 Å². The van der Waals surface area contributed by atoms with Crippen LogP contribution in [0.4, 0.5) is 19.0 Å². The summed E-state index contributed by atoms with van der Waals surface area (Å²) in [5, 5.41) is -0.0499. The minimum absolute atomic E-state index is 0.0499. The summed E-state index contributed by atoms with van der Waals surface area (Å²) in [5.74, 6) is 0.908. The largest absolute Gasteiger partial charge is 0.494 e. The Bertz CT molecular complexity index is 859. The molecule has 1 aromatic heterocycles. The van der Waals surface area contributed by atoms with E-state index in [0.717, 1.165) is 12.3 Å². The lowest BCUT2D eigenvalue weighted by molar-refractivity contribution is -0.137. The highest BCUT2D eigenvalue weighted by molar-refractivity contribution is 6.33. The van der Waals surface area contributed by atoms with Crippen LogP contribution in [0.25, 0.3) is 0 Å². The van der Waals surface area contributed by atoms with Crippen molar-refractivity contribution in [3.63, 3.8) is 0 Å². The molecule has 1 fully saturated rings. The second-order valence-corrected chi connectivity index (χ2v) is 7.02. The number of aromatic nitrogens is 1. The number of halogens is 4. The number of benzene rings is 1. The molecule has 0 radical (unpaired) electrons. The van der Waals surface area contributed by atoms with Crippen LogP contribution in [-0.4, -0.2) is 48.6 Å². The first kappa shape index (κ1) is 21.2. The average molecular weight is 428 g/mol. The number of amides is 1. The number of anilines is 1. The number of alkyl halides is 3. The molecule has 9 heteroatoms. The van der Waals surface area contributed by atoms with Crippen LogP contribution in [-0.2, 0) is 6.18 Å². The molecule has 0 bridgehead atoms. The van der Waals surface area contributed by atoms with Crippen molar-refractivity contribution in [3.05, 3.63) is 52.7 Å². The number of carbonyl (C=O) groups is 1. The first-order valence-electron chi connectivity index (χ1n) is 9.29. The third-order valence-electron chi connectivity index (χ3n) is 4.64. The van der Waals surface area contributed by atoms with Crippen molar-refractivity contribution in [1.29, 1.82) is 0 Å². The minimum Gasteiger partial charge on any atom is -0.494 e. The molecular formula is C20H21ClF3N3O2. The lowest BCUT2D eigenvalue weighted by Gasteiger charge is -2.24. The Labute approximate surface area is 172 Å². The molecule has 0 spiro atoms. The number of pyridine rings is 1. The summed E-state index contributed by atoms with van der Waals surface area (Å²) in [6, 6.07) is 7.85. The van der Waals surface area contributed by atoms with Crippen molar-refractivity contribution < 1.29 is 22.7 Å². The topological polar surface area (TPSA) is 45.7 Å². The quantitative estimate of drug-likeness (QED) is 0.720. The Hall–Kier alpha value is -2.48. The molecule has 2 aromatic rings. The molecule has 0 atom stereocenters. The maximum Gasteiger partial charge on any atom is 0.417 e. The summed E-state index contributed by atoms with van der Waals surface area (Å²) >= 11 is 6.06. The highest BCUT2D eigenvalue weighted by Gasteiger charge is 2.32. The van der Waals surface area contributed by atoms with E-state index in [9.17, 15) is 18.0 Å². The van der Waals surface area contributed by atoms with Gasteiger partial charge in [-0.25, -0.2) is 4.98 Å². The van der Waals surface area contributed by atoms with Crippen molar-refractivity contribution in [2.45, 2.75) is 19.5 Å². The van der Waals surface area contributed by atoms with Gasteiger partial charge in [-0.1, -0.05) is 11.6 Å². The lowest BCUT2D eigenvalue weighted by atomic mass is 10.2. The van der Waals surface area contributed by atoms with Gasteiger partial charge in [0.1, 0.15) is 11.6 Å². The number of carbonyl (C=O) groups excluding carboxylic acids is 1. The van der Waals surface area contributed by atoms with Crippen LogP contribution in [0.2, 0.25) is 5.02 Å². The van der Waals surface area contributed by atoms with Crippen molar-refractivity contribution in [1.82, 2.24) is 9.88 Å². The standard InChI is InChI=1S/C20H21ClF3N3O2/c1-2-29-16-6-4-14(5-7-16)19(28)27-9-3-8-26(10-11-27)18-17(21)12-15(13-25-18)20(22,23)24/h4-7,12-13H,2-3,8-11H2,1H3. The van der Waals surface area contributed by atoms with Crippen LogP contribution in [0.3, 0.4) is 0 Å². The molecule has 2 heterocycles. The lowest BCUT2D eigenvalue weighted by Crippen LogP contribution is -2.35. The molecular weight excluding hydrogens is 407 g/mol. The molecule has 1 aromatic carbocycles. The Morgan fingerprint density at radius 3 is 2.52 bits per heavy atom. The fourth-order valence-electron chi connectivity index (χ4n) is 3.19. The number of ether oxygens (including phenoxy) is 1. The van der Waals surface area contributed by atoms with Crippen molar-refractivity contribution in [2.24, 2.45) is 0 Å². The smallest absolute Gasteiger partial charge is 0.417 e. The highest BCUT2D eigenvalue weighted by atomic mass is 35.5. The Morgan fingerprint density at radius 1 is 1.17 bits per heavy atom. The number of hydrogen-bond acceptors (Lipinski definition) is 4. The highest BCUT2D eigenvalue weighted by Crippen LogP contribution is 2.33. The van der Waals surface area contributed by atoms with Gasteiger partial charge >= 0.3 is 6.18 Å². The van der Waals surface area contributed by atoms with Gasteiger partial charge in [-0.05, 0) is 43.7 Å². The first-order chi connectivity index (χ1) is 13.8. The second kappa shape index (κ2) is 8.90. The zero-order chi connectivity index (χ0) is 21.0. The van der Waals surface area contributed by atoms with Crippen LogP contribution < -0.4 is 9.64 Å². The van der Waals surface area contributed by atoms with E-state index >= 15 is 0 Å². The molecule has 0 unspecified atom stereocenters. The third-order valence-corrected chi connectivity index (χ3v) is 4.92. The molecule has 29 heavy (non-hydrogen) atoms. The van der Waals surface area contributed by atoms with Crippen molar-refractivity contribution in [3.8, 4) is 5.75 Å². The summed E-state index contributed by atoms with van der Waals surface area (Å²) in [7, 11) is 0. The molecule has 156 valence electrons. The van der Waals surface area contributed by atoms with E-state index in [1.807, 2.05) is 11.8 Å². The zero-order valence-corrected chi connectivity index (χ0v) is 16.6. The Kier molecular flexibility index (Phi) is 6.52. The summed E-state index contributed by atoms with van der Waals surface area (Å²) in [5.41, 5.74) is -0.319. The Balaban J connectivity index is 1.68. The fraction of sp³-hybridized carbons (Fsp3) is 0.400. The molecule has 1 aliphatic heterocycles. The molecule has 3 rings (SSSR count). The van der Waals surface area contributed by atoms with Gasteiger partial charge in [-0.3, -0.25) is 4.79 Å². The molecule has 0 saturated carbocycles. The van der Waals surface area contributed by atoms with Gasteiger partial charge in [-0.15, -0.1) is 0 Å². The number of hydrogen-bond donors (Lipinski definition) is 0. The van der Waals surface area contributed by atoms with Crippen molar-refractivity contribution in [2.75, 3.05) is 37.7 Å². The number of rotatable bonds is 4. The summed E-state index contributed by atoms with van der Waals surface area (Å²) < 4.78 is 43.8. The van der Waals surface area contributed by atoms with Gasteiger partial charge in [-0.2, -0.15) is 13.2 Å². The monoisotopic (exact) mass is 427 g/mol. The summed E-state index contributed by atoms with van der Waals surface area (Å²) in [6.07, 6.45) is -3.05. The third kappa shape index (κ3) is 5.12. The van der Waals surface area contributed by atoms with Gasteiger partial charge in [0, 0.05) is 37.9 Å². The predicted molar refractivity (Wildman–Crippen MR) is 105 cm³/mol.